The molecular formula is C25H28N4O4S. The van der Waals surface area contributed by atoms with Crippen LogP contribution in [0.25, 0.3) is 10.4 Å². The molecule has 0 bridgehead atoms. The van der Waals surface area contributed by atoms with Crippen LogP contribution in [0.1, 0.15) is 24.6 Å². The maximum Gasteiger partial charge on any atom is 0.245 e. The first-order chi connectivity index (χ1) is 16.3. The van der Waals surface area contributed by atoms with Crippen molar-refractivity contribution in [2.45, 2.75) is 45.0 Å². The van der Waals surface area contributed by atoms with Gasteiger partial charge in [-0.1, -0.05) is 30.3 Å². The van der Waals surface area contributed by atoms with Crippen LogP contribution in [0.4, 0.5) is 0 Å². The zero-order chi connectivity index (χ0) is 24.2. The molecule has 2 aromatic rings. The Morgan fingerprint density at radius 2 is 2.03 bits per heavy atom. The first kappa shape index (κ1) is 23.8. The Balaban J connectivity index is 1.38. The van der Waals surface area contributed by atoms with Crippen molar-refractivity contribution in [3.05, 3.63) is 65.5 Å². The molecule has 1 fully saturated rings. The molecule has 0 spiro atoms. The van der Waals surface area contributed by atoms with Crippen molar-refractivity contribution in [3.63, 3.8) is 0 Å². The maximum atomic E-state index is 13.2. The van der Waals surface area contributed by atoms with Crippen molar-refractivity contribution >= 4 is 28.9 Å². The number of aryl methyl sites for hydroxylation is 1. The van der Waals surface area contributed by atoms with Gasteiger partial charge in [-0.3, -0.25) is 14.4 Å². The van der Waals surface area contributed by atoms with Gasteiger partial charge in [0.2, 0.25) is 11.8 Å². The molecule has 2 N–H and O–H groups in total. The summed E-state index contributed by atoms with van der Waals surface area (Å²) in [5.74, 6) is -0.694. The fourth-order valence-electron chi connectivity index (χ4n) is 4.22. The van der Waals surface area contributed by atoms with Crippen LogP contribution < -0.4 is 5.32 Å². The highest BCUT2D eigenvalue weighted by atomic mass is 32.1. The summed E-state index contributed by atoms with van der Waals surface area (Å²) in [7, 11) is 0. The Hall–Kier alpha value is -3.30. The minimum Gasteiger partial charge on any atom is -0.391 e. The van der Waals surface area contributed by atoms with Crippen LogP contribution in [0.15, 0.2) is 54.2 Å². The largest absolute Gasteiger partial charge is 0.391 e. The van der Waals surface area contributed by atoms with Gasteiger partial charge in [0, 0.05) is 25.7 Å². The fraction of sp³-hybridized carbons (Fsp3) is 0.360. The van der Waals surface area contributed by atoms with Crippen LogP contribution in [0.2, 0.25) is 0 Å². The van der Waals surface area contributed by atoms with Gasteiger partial charge in [-0.15, -0.1) is 11.3 Å². The normalized spacial score (nSPS) is 21.0. The van der Waals surface area contributed by atoms with Crippen molar-refractivity contribution < 1.29 is 19.5 Å². The smallest absolute Gasteiger partial charge is 0.245 e. The summed E-state index contributed by atoms with van der Waals surface area (Å²) in [4.78, 5) is 46.5. The Kier molecular flexibility index (Phi) is 7.23. The van der Waals surface area contributed by atoms with E-state index in [-0.39, 0.29) is 37.1 Å². The molecule has 1 aromatic carbocycles. The van der Waals surface area contributed by atoms with E-state index in [1.165, 1.54) is 11.0 Å². The number of carbonyl (C=O) groups excluding carboxylic acids is 3. The number of β-amino-alcohol motifs (C(OH)–C–C–N with tert-alkyl or cyclic N) is 1. The Morgan fingerprint density at radius 1 is 1.26 bits per heavy atom. The van der Waals surface area contributed by atoms with Crippen LogP contribution >= 0.6 is 11.3 Å². The van der Waals surface area contributed by atoms with Gasteiger partial charge in [0.15, 0.2) is 5.78 Å². The third-order valence-corrected chi connectivity index (χ3v) is 7.13. The summed E-state index contributed by atoms with van der Waals surface area (Å²) < 4.78 is 0. The molecule has 1 unspecified atom stereocenters. The molecule has 1 aromatic heterocycles. The lowest BCUT2D eigenvalue weighted by Crippen LogP contribution is -2.52. The molecule has 0 aliphatic carbocycles. The second kappa shape index (κ2) is 10.3. The summed E-state index contributed by atoms with van der Waals surface area (Å²) in [6.45, 7) is 4.18. The number of ketones is 1. The minimum absolute atomic E-state index is 0.0875. The van der Waals surface area contributed by atoms with E-state index in [2.05, 4.69) is 10.3 Å². The number of likely N-dealkylation sites (tertiary alicyclic amines) is 1. The molecule has 8 nitrogen and oxygen atoms in total. The zero-order valence-electron chi connectivity index (χ0n) is 19.2. The molecule has 2 amide bonds. The van der Waals surface area contributed by atoms with Crippen molar-refractivity contribution in [3.8, 4) is 10.4 Å². The second-order valence-electron chi connectivity index (χ2n) is 8.59. The number of nitrogens with zero attached hydrogens (tertiary/aromatic N) is 3. The molecule has 3 atom stereocenters. The first-order valence-corrected chi connectivity index (χ1v) is 12.1. The fourth-order valence-corrected chi connectivity index (χ4v) is 5.03. The van der Waals surface area contributed by atoms with Crippen LogP contribution in [0, 0.1) is 6.92 Å². The van der Waals surface area contributed by atoms with Gasteiger partial charge in [-0.05, 0) is 37.1 Å². The molecule has 1 saturated heterocycles. The van der Waals surface area contributed by atoms with Gasteiger partial charge in [0.1, 0.15) is 12.1 Å². The summed E-state index contributed by atoms with van der Waals surface area (Å²) in [6.07, 6.45) is 5.93. The van der Waals surface area contributed by atoms with E-state index in [1.54, 1.807) is 41.5 Å². The number of carbonyl (C=O) groups is 3. The SMILES string of the molecule is Cc1ncsc1-c1ccc(CNC(=O)[C@@H]2C[C@@H](O)CN2C(=O)C(C)N2C=CC=CC(=O)C2)cc1. The van der Waals surface area contributed by atoms with E-state index >= 15 is 0 Å². The molecular weight excluding hydrogens is 452 g/mol. The third-order valence-electron chi connectivity index (χ3n) is 6.16. The van der Waals surface area contributed by atoms with E-state index in [1.807, 2.05) is 36.7 Å². The molecule has 178 valence electrons. The van der Waals surface area contributed by atoms with Crippen molar-refractivity contribution in [2.24, 2.45) is 0 Å². The molecule has 2 aliphatic rings. The molecule has 34 heavy (non-hydrogen) atoms. The standard InChI is InChI=1S/C25H28N4O4S/c1-16-23(34-15-27-16)19-8-6-18(7-9-19)12-26-24(32)22-11-21(31)14-29(22)25(33)17(2)28-10-4-3-5-20(30)13-28/h3-10,15,17,21-22,31H,11-14H2,1-2H3,(H,26,32)/t17?,21-,22+/m1/s1. The van der Waals surface area contributed by atoms with Gasteiger partial charge >= 0.3 is 0 Å². The van der Waals surface area contributed by atoms with E-state index in [0.29, 0.717) is 6.54 Å². The predicted molar refractivity (Wildman–Crippen MR) is 130 cm³/mol. The summed E-state index contributed by atoms with van der Waals surface area (Å²) in [6, 6.07) is 6.53. The number of aliphatic hydroxyl groups excluding tert-OH is 1. The number of aromatic nitrogens is 1. The number of benzene rings is 1. The van der Waals surface area contributed by atoms with E-state index in [0.717, 1.165) is 21.7 Å². The maximum absolute atomic E-state index is 13.2. The summed E-state index contributed by atoms with van der Waals surface area (Å²) in [5.41, 5.74) is 4.82. The number of allylic oxidation sites excluding steroid dienone is 2. The highest BCUT2D eigenvalue weighted by molar-refractivity contribution is 7.13. The average molecular weight is 481 g/mol. The number of nitrogens with one attached hydrogen (secondary N) is 1. The van der Waals surface area contributed by atoms with Gasteiger partial charge < -0.3 is 20.2 Å². The second-order valence-corrected chi connectivity index (χ2v) is 9.45. The minimum atomic E-state index is -0.767. The molecule has 4 rings (SSSR count). The van der Waals surface area contributed by atoms with Crippen LogP contribution in [-0.4, -0.2) is 68.8 Å². The number of thiazole rings is 1. The molecule has 0 radical (unpaired) electrons. The Bertz CT molecular complexity index is 1120. The summed E-state index contributed by atoms with van der Waals surface area (Å²) in [5, 5.41) is 13.1. The first-order valence-electron chi connectivity index (χ1n) is 11.2. The van der Waals surface area contributed by atoms with E-state index in [4.69, 9.17) is 0 Å². The lowest BCUT2D eigenvalue weighted by Gasteiger charge is -2.31. The summed E-state index contributed by atoms with van der Waals surface area (Å²) >= 11 is 1.59. The number of hydrogen-bond acceptors (Lipinski definition) is 7. The number of rotatable bonds is 6. The topological polar surface area (TPSA) is 103 Å². The van der Waals surface area contributed by atoms with Crippen molar-refractivity contribution in [2.75, 3.05) is 13.1 Å². The average Bonchev–Trinajstić information content (AvgIpc) is 3.37. The Labute approximate surface area is 202 Å². The highest BCUT2D eigenvalue weighted by Gasteiger charge is 2.41. The molecule has 3 heterocycles. The quantitative estimate of drug-likeness (QED) is 0.656. The third kappa shape index (κ3) is 5.26. The number of hydrogen-bond donors (Lipinski definition) is 2. The van der Waals surface area contributed by atoms with E-state index in [9.17, 15) is 19.5 Å². The predicted octanol–water partition coefficient (Wildman–Crippen LogP) is 2.04. The van der Waals surface area contributed by atoms with Gasteiger partial charge in [-0.2, -0.15) is 0 Å². The molecule has 9 heteroatoms. The lowest BCUT2D eigenvalue weighted by molar-refractivity contribution is -0.142. The lowest BCUT2D eigenvalue weighted by atomic mass is 10.1. The van der Waals surface area contributed by atoms with Gasteiger partial charge in [0.25, 0.3) is 0 Å². The van der Waals surface area contributed by atoms with Gasteiger partial charge in [-0.25, -0.2) is 4.98 Å². The van der Waals surface area contributed by atoms with Crippen LogP contribution in [0.5, 0.6) is 0 Å². The van der Waals surface area contributed by atoms with Crippen LogP contribution in [0.3, 0.4) is 0 Å². The number of amides is 2. The van der Waals surface area contributed by atoms with Crippen molar-refractivity contribution in [1.82, 2.24) is 20.1 Å². The number of aliphatic hydroxyl groups is 1. The molecule has 0 saturated carbocycles. The van der Waals surface area contributed by atoms with Gasteiger partial charge in [0.05, 0.1) is 28.7 Å². The molecule has 2 aliphatic heterocycles. The monoisotopic (exact) mass is 480 g/mol. The van der Waals surface area contributed by atoms with E-state index < -0.39 is 18.2 Å². The van der Waals surface area contributed by atoms with Crippen LogP contribution in [-0.2, 0) is 20.9 Å². The zero-order valence-corrected chi connectivity index (χ0v) is 20.0. The Morgan fingerprint density at radius 3 is 2.74 bits per heavy atom. The van der Waals surface area contributed by atoms with Crippen molar-refractivity contribution in [1.29, 1.82) is 0 Å². The highest BCUT2D eigenvalue weighted by Crippen LogP contribution is 2.27.